The average molecular weight is 458 g/mol. The number of amides is 3. The molecule has 1 aromatic heterocycles. The van der Waals surface area contributed by atoms with Gasteiger partial charge in [-0.25, -0.2) is 0 Å². The third-order valence-corrected chi connectivity index (χ3v) is 5.96. The monoisotopic (exact) mass is 457 g/mol. The molecule has 0 spiro atoms. The zero-order valence-electron chi connectivity index (χ0n) is 17.9. The fraction of sp³-hybridized carbons (Fsp3) is 0.120. The molecule has 4 rings (SSSR count). The summed E-state index contributed by atoms with van der Waals surface area (Å²) in [6.07, 6.45) is 1.46. The number of carbonyl (C=O) groups is 3. The van der Waals surface area contributed by atoms with E-state index in [9.17, 15) is 19.6 Å². The fourth-order valence-electron chi connectivity index (χ4n) is 3.34. The molecule has 164 valence electrons. The molecule has 2 heterocycles. The molecule has 0 bridgehead atoms. The van der Waals surface area contributed by atoms with Gasteiger partial charge in [-0.3, -0.25) is 19.3 Å². The summed E-state index contributed by atoms with van der Waals surface area (Å²) >= 11 is 0.749. The highest BCUT2D eigenvalue weighted by Gasteiger charge is 2.36. The predicted molar refractivity (Wildman–Crippen MR) is 126 cm³/mol. The molecule has 0 atom stereocenters. The Hall–Kier alpha value is -4.09. The Bertz CT molecular complexity index is 1350. The molecule has 1 aliphatic rings. The molecule has 1 fully saturated rings. The van der Waals surface area contributed by atoms with Crippen LogP contribution in [0.1, 0.15) is 22.5 Å². The van der Waals surface area contributed by atoms with Crippen LogP contribution in [0.25, 0.3) is 17.4 Å². The molecular formula is C25H19N3O4S. The largest absolute Gasteiger partial charge is 0.457 e. The summed E-state index contributed by atoms with van der Waals surface area (Å²) < 4.78 is 5.78. The minimum absolute atomic E-state index is 0.161. The first-order valence-electron chi connectivity index (χ1n) is 10.1. The van der Waals surface area contributed by atoms with Gasteiger partial charge in [0, 0.05) is 17.3 Å². The Morgan fingerprint density at radius 3 is 2.73 bits per heavy atom. The minimum atomic E-state index is -0.559. The van der Waals surface area contributed by atoms with Crippen LogP contribution < -0.4 is 5.32 Å². The zero-order valence-corrected chi connectivity index (χ0v) is 18.7. The average Bonchev–Trinajstić information content (AvgIpc) is 3.36. The summed E-state index contributed by atoms with van der Waals surface area (Å²) in [7, 11) is 0. The van der Waals surface area contributed by atoms with Gasteiger partial charge in [0.05, 0.1) is 16.5 Å². The number of carbonyl (C=O) groups excluding carboxylic acids is 3. The Balaban J connectivity index is 1.48. The molecule has 0 radical (unpaired) electrons. The van der Waals surface area contributed by atoms with E-state index in [-0.39, 0.29) is 11.4 Å². The van der Waals surface area contributed by atoms with Crippen LogP contribution in [0.15, 0.2) is 63.9 Å². The van der Waals surface area contributed by atoms with E-state index in [0.717, 1.165) is 27.8 Å². The summed E-state index contributed by atoms with van der Waals surface area (Å²) in [5, 5.41) is 11.5. The number of aryl methyl sites for hydroxylation is 2. The maximum atomic E-state index is 12.8. The molecule has 3 amide bonds. The third kappa shape index (κ3) is 4.73. The second-order valence-electron chi connectivity index (χ2n) is 7.49. The van der Waals surface area contributed by atoms with Gasteiger partial charge in [-0.2, -0.15) is 5.26 Å². The second kappa shape index (κ2) is 9.18. The van der Waals surface area contributed by atoms with Crippen molar-refractivity contribution in [3.8, 4) is 17.4 Å². The van der Waals surface area contributed by atoms with Crippen molar-refractivity contribution < 1.29 is 18.8 Å². The van der Waals surface area contributed by atoms with Gasteiger partial charge in [0.25, 0.3) is 11.1 Å². The molecule has 7 nitrogen and oxygen atoms in total. The quantitative estimate of drug-likeness (QED) is 0.534. The number of benzene rings is 2. The maximum Gasteiger partial charge on any atom is 0.294 e. The van der Waals surface area contributed by atoms with Crippen molar-refractivity contribution in [1.82, 2.24) is 4.90 Å². The van der Waals surface area contributed by atoms with Gasteiger partial charge < -0.3 is 9.73 Å². The lowest BCUT2D eigenvalue weighted by Gasteiger charge is -2.14. The first kappa shape index (κ1) is 22.1. The highest BCUT2D eigenvalue weighted by Crippen LogP contribution is 2.33. The number of nitriles is 1. The van der Waals surface area contributed by atoms with Gasteiger partial charge in [-0.15, -0.1) is 0 Å². The molecule has 1 saturated heterocycles. The molecule has 2 aromatic carbocycles. The van der Waals surface area contributed by atoms with E-state index in [1.165, 1.54) is 6.08 Å². The van der Waals surface area contributed by atoms with E-state index in [1.54, 1.807) is 36.4 Å². The fourth-order valence-corrected chi connectivity index (χ4v) is 4.16. The summed E-state index contributed by atoms with van der Waals surface area (Å²) in [4.78, 5) is 38.7. The zero-order chi connectivity index (χ0) is 23.5. The number of thioether (sulfide) groups is 1. The molecule has 1 N–H and O–H groups in total. The van der Waals surface area contributed by atoms with Gasteiger partial charge in [0.1, 0.15) is 18.1 Å². The Labute approximate surface area is 194 Å². The summed E-state index contributed by atoms with van der Waals surface area (Å²) in [5.41, 5.74) is 3.61. The van der Waals surface area contributed by atoms with Crippen molar-refractivity contribution in [2.45, 2.75) is 13.8 Å². The number of anilines is 1. The first-order valence-corrected chi connectivity index (χ1v) is 10.9. The lowest BCUT2D eigenvalue weighted by Crippen LogP contribution is -2.36. The van der Waals surface area contributed by atoms with Gasteiger partial charge >= 0.3 is 0 Å². The van der Waals surface area contributed by atoms with E-state index < -0.39 is 17.1 Å². The first-order chi connectivity index (χ1) is 15.9. The van der Waals surface area contributed by atoms with E-state index in [4.69, 9.17) is 4.42 Å². The van der Waals surface area contributed by atoms with Crippen LogP contribution in [-0.2, 0) is 9.59 Å². The normalized spacial score (nSPS) is 14.6. The Morgan fingerprint density at radius 1 is 1.15 bits per heavy atom. The van der Waals surface area contributed by atoms with Crippen LogP contribution in [0.2, 0.25) is 0 Å². The molecule has 1 aliphatic heterocycles. The number of furan rings is 1. The molecule has 0 unspecified atom stereocenters. The molecule has 0 aliphatic carbocycles. The topological polar surface area (TPSA) is 103 Å². The lowest BCUT2D eigenvalue weighted by atomic mass is 10.1. The summed E-state index contributed by atoms with van der Waals surface area (Å²) in [6, 6.07) is 18.1. The number of imide groups is 1. The second-order valence-corrected chi connectivity index (χ2v) is 8.49. The molecule has 33 heavy (non-hydrogen) atoms. The van der Waals surface area contributed by atoms with Gasteiger partial charge in [-0.1, -0.05) is 24.3 Å². The van der Waals surface area contributed by atoms with E-state index in [1.807, 2.05) is 32.0 Å². The maximum absolute atomic E-state index is 12.8. The van der Waals surface area contributed by atoms with Gasteiger partial charge in [0.2, 0.25) is 5.91 Å². The van der Waals surface area contributed by atoms with Crippen LogP contribution >= 0.6 is 11.8 Å². The summed E-state index contributed by atoms with van der Waals surface area (Å²) in [6.45, 7) is 3.40. The van der Waals surface area contributed by atoms with Crippen LogP contribution in [-0.4, -0.2) is 28.5 Å². The number of hydrogen-bond acceptors (Lipinski definition) is 6. The number of hydrogen-bond donors (Lipinski definition) is 1. The van der Waals surface area contributed by atoms with E-state index >= 15 is 0 Å². The van der Waals surface area contributed by atoms with Gasteiger partial charge in [-0.05, 0) is 67.1 Å². The van der Waals surface area contributed by atoms with Crippen LogP contribution in [0, 0.1) is 25.2 Å². The van der Waals surface area contributed by atoms with Crippen LogP contribution in [0.3, 0.4) is 0 Å². The van der Waals surface area contributed by atoms with Crippen molar-refractivity contribution >= 4 is 40.6 Å². The predicted octanol–water partition coefficient (Wildman–Crippen LogP) is 5.11. The van der Waals surface area contributed by atoms with E-state index in [2.05, 4.69) is 11.4 Å². The van der Waals surface area contributed by atoms with Crippen molar-refractivity contribution in [1.29, 1.82) is 5.26 Å². The smallest absolute Gasteiger partial charge is 0.294 e. The molecular weight excluding hydrogens is 438 g/mol. The Morgan fingerprint density at radius 2 is 1.94 bits per heavy atom. The molecule has 8 heteroatoms. The highest BCUT2D eigenvalue weighted by molar-refractivity contribution is 8.18. The summed E-state index contributed by atoms with van der Waals surface area (Å²) in [5.74, 6) is -0.175. The molecule has 0 saturated carbocycles. The lowest BCUT2D eigenvalue weighted by molar-refractivity contribution is -0.127. The number of rotatable bonds is 5. The number of nitrogens with one attached hydrogen (secondary N) is 1. The van der Waals surface area contributed by atoms with Crippen LogP contribution in [0.4, 0.5) is 10.5 Å². The van der Waals surface area contributed by atoms with Crippen molar-refractivity contribution in [3.05, 3.63) is 82.0 Å². The SMILES string of the molecule is Cc1ccc(C)c(NC(=O)CN2C(=O)S/C(=C/c3ccc(-c4ccccc4C#N)o3)C2=O)c1. The minimum Gasteiger partial charge on any atom is -0.457 e. The highest BCUT2D eigenvalue weighted by atomic mass is 32.2. The van der Waals surface area contributed by atoms with Crippen molar-refractivity contribution in [2.24, 2.45) is 0 Å². The number of nitrogens with zero attached hydrogens (tertiary/aromatic N) is 2. The third-order valence-electron chi connectivity index (χ3n) is 5.06. The molecule has 3 aromatic rings. The van der Waals surface area contributed by atoms with Crippen molar-refractivity contribution in [2.75, 3.05) is 11.9 Å². The van der Waals surface area contributed by atoms with Gasteiger partial charge in [0.15, 0.2) is 0 Å². The standard InChI is InChI=1S/C25H19N3O4S/c1-15-7-8-16(2)20(11-15)27-23(29)14-28-24(30)22(33-25(28)31)12-18-9-10-21(32-18)19-6-4-3-5-17(19)13-26/h3-12H,14H2,1-2H3,(H,27,29)/b22-12+. The Kier molecular flexibility index (Phi) is 6.16. The van der Waals surface area contributed by atoms with Crippen LogP contribution in [0.5, 0.6) is 0 Å². The van der Waals surface area contributed by atoms with E-state index in [0.29, 0.717) is 28.3 Å². The van der Waals surface area contributed by atoms with Crippen molar-refractivity contribution in [3.63, 3.8) is 0 Å².